The van der Waals surface area contributed by atoms with Gasteiger partial charge in [-0.05, 0) is 174 Å². The normalized spacial score (nSPS) is 17.7. The molecular weight excluding hydrogens is 1360 g/mol. The number of hydrogen-bond acceptors (Lipinski definition) is 17. The molecule has 2 aliphatic heterocycles. The monoisotopic (exact) mass is 1480 g/mol. The molecule has 4 aliphatic rings. The quantitative estimate of drug-likeness (QED) is 0.0279. The number of aliphatic hydroxyl groups is 1. The topological polar surface area (TPSA) is 284 Å². The molecule has 25 nitrogen and oxygen atoms in total. The number of carbonyl (C=O) groups is 8. The number of aliphatic hydroxyl groups excluding tert-OH is 1. The first-order valence-electron chi connectivity index (χ1n) is 37.7. The smallest absolute Gasteiger partial charge is 0.411 e. The molecule has 0 spiro atoms. The third kappa shape index (κ3) is 24.8. The Morgan fingerprint density at radius 2 is 1.34 bits per heavy atom. The number of ether oxygens (including phenoxy) is 5. The predicted octanol–water partition coefficient (Wildman–Crippen LogP) is 11.7. The van der Waals surface area contributed by atoms with E-state index in [0.29, 0.717) is 111 Å². The number of carbonyl (C=O) groups excluding carboxylic acids is 8. The molecule has 8 rings (SSSR count). The van der Waals surface area contributed by atoms with Crippen LogP contribution in [0.1, 0.15) is 222 Å². The minimum atomic E-state index is -0.880. The van der Waals surface area contributed by atoms with Gasteiger partial charge in [-0.3, -0.25) is 33.8 Å². The van der Waals surface area contributed by atoms with E-state index in [-0.39, 0.29) is 87.2 Å². The van der Waals surface area contributed by atoms with Gasteiger partial charge in [0.15, 0.2) is 0 Å². The zero-order valence-electron chi connectivity index (χ0n) is 63.9. The van der Waals surface area contributed by atoms with Crippen LogP contribution in [0.15, 0.2) is 73.1 Å². The molecule has 1 aromatic heterocycles. The number of nitrogens with zero attached hydrogens (tertiary/aromatic N) is 8. The second-order valence-electron chi connectivity index (χ2n) is 31.2. The van der Waals surface area contributed by atoms with E-state index in [1.54, 1.807) is 122 Å². The lowest BCUT2D eigenvalue weighted by Gasteiger charge is -2.38. The average molecular weight is 1480 g/mol. The molecule has 26 heteroatoms. The Labute approximate surface area is 625 Å². The number of piperidine rings is 1. The molecule has 576 valence electrons. The van der Waals surface area contributed by atoms with Crippen LogP contribution in [0.25, 0.3) is 0 Å². The highest BCUT2D eigenvalue weighted by atomic mass is 35.5. The first kappa shape index (κ1) is 82.2. The van der Waals surface area contributed by atoms with Gasteiger partial charge >= 0.3 is 18.3 Å². The fourth-order valence-corrected chi connectivity index (χ4v) is 14.2. The van der Waals surface area contributed by atoms with Crippen LogP contribution in [0.2, 0.25) is 5.02 Å². The number of likely N-dealkylation sites (tertiary alicyclic amines) is 1. The number of nitrogens with one attached hydrogen (secondary N) is 3. The summed E-state index contributed by atoms with van der Waals surface area (Å²) in [5.74, 6) is -0.417. The number of unbranched alkanes of at least 4 members (excludes halogenated alkanes) is 4. The van der Waals surface area contributed by atoms with Crippen LogP contribution in [0.3, 0.4) is 0 Å². The van der Waals surface area contributed by atoms with E-state index in [9.17, 15) is 43.5 Å². The maximum Gasteiger partial charge on any atom is 0.411 e. The predicted molar refractivity (Wildman–Crippen MR) is 401 cm³/mol. The van der Waals surface area contributed by atoms with Crippen LogP contribution in [-0.2, 0) is 39.9 Å². The Balaban J connectivity index is 0.815. The lowest BCUT2D eigenvalue weighted by molar-refractivity contribution is -0.134. The van der Waals surface area contributed by atoms with Crippen molar-refractivity contribution in [1.29, 1.82) is 0 Å². The Hall–Kier alpha value is -8.45. The molecule has 0 radical (unpaired) electrons. The minimum Gasteiger partial charge on any atom is -0.497 e. The molecule has 3 heterocycles. The van der Waals surface area contributed by atoms with Crippen molar-refractivity contribution in [2.24, 2.45) is 5.92 Å². The van der Waals surface area contributed by atoms with Crippen molar-refractivity contribution in [1.82, 2.24) is 50.4 Å². The summed E-state index contributed by atoms with van der Waals surface area (Å²) in [4.78, 5) is 132. The van der Waals surface area contributed by atoms with Gasteiger partial charge < -0.3 is 64.3 Å². The van der Waals surface area contributed by atoms with Gasteiger partial charge in [0, 0.05) is 106 Å². The largest absolute Gasteiger partial charge is 0.497 e. The van der Waals surface area contributed by atoms with E-state index < -0.39 is 59.1 Å². The fourth-order valence-electron chi connectivity index (χ4n) is 14.1. The van der Waals surface area contributed by atoms with Crippen molar-refractivity contribution >= 4 is 65.2 Å². The molecule has 1 saturated carbocycles. The molecular formula is C79H114ClN11O14. The van der Waals surface area contributed by atoms with Crippen molar-refractivity contribution in [3.8, 4) is 11.5 Å². The van der Waals surface area contributed by atoms with Gasteiger partial charge in [-0.15, -0.1) is 0 Å². The van der Waals surface area contributed by atoms with Gasteiger partial charge in [-0.2, -0.15) is 0 Å². The van der Waals surface area contributed by atoms with Crippen LogP contribution in [0, 0.1) is 5.92 Å². The minimum absolute atomic E-state index is 0.0201. The number of piperazine rings is 1. The van der Waals surface area contributed by atoms with Gasteiger partial charge in [0.05, 0.1) is 38.0 Å². The molecule has 1 unspecified atom stereocenters. The number of aromatic nitrogens is 2. The number of methoxy groups -OCH3 is 1. The molecule has 5 atom stereocenters. The van der Waals surface area contributed by atoms with E-state index in [1.165, 1.54) is 21.0 Å². The van der Waals surface area contributed by atoms with Crippen molar-refractivity contribution in [3.63, 3.8) is 0 Å². The molecule has 4 N–H and O–H groups in total. The zero-order chi connectivity index (χ0) is 76.2. The van der Waals surface area contributed by atoms with E-state index in [1.807, 2.05) is 31.2 Å². The summed E-state index contributed by atoms with van der Waals surface area (Å²) in [7, 11) is 1.57. The molecule has 8 amide bonds. The number of amides is 8. The van der Waals surface area contributed by atoms with Crippen molar-refractivity contribution in [2.45, 2.75) is 213 Å². The first-order chi connectivity index (χ1) is 49.9. The van der Waals surface area contributed by atoms with E-state index in [0.717, 1.165) is 81.2 Å². The number of benzene rings is 3. The van der Waals surface area contributed by atoms with Crippen LogP contribution in [0.5, 0.6) is 11.5 Å². The Morgan fingerprint density at radius 1 is 0.686 bits per heavy atom. The summed E-state index contributed by atoms with van der Waals surface area (Å²) in [5, 5.41) is 20.3. The summed E-state index contributed by atoms with van der Waals surface area (Å²) in [6.07, 6.45) is 9.13. The molecule has 2 saturated heterocycles. The lowest BCUT2D eigenvalue weighted by Crippen LogP contribution is -2.52. The maximum atomic E-state index is 14.8. The third-order valence-corrected chi connectivity index (χ3v) is 19.6. The zero-order valence-corrected chi connectivity index (χ0v) is 64.7. The number of anilines is 1. The van der Waals surface area contributed by atoms with Gasteiger partial charge in [0.1, 0.15) is 59.6 Å². The highest BCUT2D eigenvalue weighted by Gasteiger charge is 2.39. The second-order valence-corrected chi connectivity index (χ2v) is 31.6. The van der Waals surface area contributed by atoms with Crippen LogP contribution in [-0.4, -0.2) is 209 Å². The standard InChI is InChI=1S/C79H114ClN11O14/c1-13-102-64-46-61(101-12)34-31-59(64)48-91(76(100)105-79(9,10)11)51-66(94)88-38-23-28-58(47-88)56-26-22-27-57(45-56)71(95)85-68(55-24-18-17-19-25-55)72(96)82-35-20-15-14-16-21-37-89(74(98)103-77(3,4)5)50-65(93)81-36-39-90(75(99)104-78(6,7)8)49-62(54-29-32-60(80)33-30-54)73(97)87-42-40-86(41-43-87)70-67-53(2)44-63(92)69(67)83-52-84-70/h22,26-27,29-34,45-46,52-53,55,58,62-63,68,92H,13-21,23-25,28,35-44,47-51H2,1-12H3,(H,81,93)(H,82,96)(H,85,95)/t53-,58?,62-,63-,68-/m1/s1. The summed E-state index contributed by atoms with van der Waals surface area (Å²) in [5.41, 5.74) is 1.73. The highest BCUT2D eigenvalue weighted by Crippen LogP contribution is 2.43. The Morgan fingerprint density at radius 3 is 2.01 bits per heavy atom. The SMILES string of the molecule is CCOc1cc(OC)ccc1CN(CC(=O)N1CCCC(c2cccc(C(=O)N[C@@H](C(=O)NCCCCCCCN(CC(=O)NCCN(C[C@@H](C(=O)N3CCN(c4ncnc5c4[C@H](C)C[C@H]5O)CC3)c3ccc(Cl)cc3)C(=O)OC(C)(C)C)C(=O)OC(C)(C)C)C3CCCCC3)c2)C1)C(=O)OC(C)(C)C. The van der Waals surface area contributed by atoms with Gasteiger partial charge in [-0.25, -0.2) is 24.4 Å². The fraction of sp³-hybridized carbons (Fsp3) is 0.620. The molecule has 2 aliphatic carbocycles. The summed E-state index contributed by atoms with van der Waals surface area (Å²) in [6, 6.07) is 19.0. The van der Waals surface area contributed by atoms with Crippen molar-refractivity contribution in [3.05, 3.63) is 112 Å². The van der Waals surface area contributed by atoms with E-state index >= 15 is 0 Å². The second kappa shape index (κ2) is 38.2. The van der Waals surface area contributed by atoms with Gasteiger partial charge in [0.25, 0.3) is 5.91 Å². The molecule has 0 bridgehead atoms. The highest BCUT2D eigenvalue weighted by molar-refractivity contribution is 6.30. The number of halogens is 1. The number of hydrogen-bond donors (Lipinski definition) is 4. The molecule has 3 aromatic carbocycles. The summed E-state index contributed by atoms with van der Waals surface area (Å²) < 4.78 is 28.8. The molecule has 105 heavy (non-hydrogen) atoms. The first-order valence-corrected chi connectivity index (χ1v) is 38.0. The van der Waals surface area contributed by atoms with Crippen LogP contribution < -0.4 is 30.3 Å². The number of fused-ring (bicyclic) bond motifs is 1. The van der Waals surface area contributed by atoms with E-state index in [4.69, 9.17) is 35.3 Å². The lowest BCUT2D eigenvalue weighted by atomic mass is 9.83. The summed E-state index contributed by atoms with van der Waals surface area (Å²) >= 11 is 6.35. The van der Waals surface area contributed by atoms with Crippen molar-refractivity contribution < 1.29 is 67.1 Å². The average Bonchev–Trinajstić information content (AvgIpc) is 1.64. The Bertz CT molecular complexity index is 3580. The molecule has 4 aromatic rings. The number of rotatable bonds is 30. The Kier molecular flexibility index (Phi) is 29.9. The maximum absolute atomic E-state index is 14.8. The van der Waals surface area contributed by atoms with E-state index in [2.05, 4.69) is 37.7 Å². The van der Waals surface area contributed by atoms with Crippen LogP contribution >= 0.6 is 11.6 Å². The van der Waals surface area contributed by atoms with Gasteiger partial charge in [0.2, 0.25) is 23.6 Å². The molecule has 3 fully saturated rings. The summed E-state index contributed by atoms with van der Waals surface area (Å²) in [6.45, 7) is 22.9. The third-order valence-electron chi connectivity index (χ3n) is 19.4. The van der Waals surface area contributed by atoms with Crippen LogP contribution in [0.4, 0.5) is 20.2 Å². The van der Waals surface area contributed by atoms with Gasteiger partial charge in [-0.1, -0.05) is 81.3 Å². The van der Waals surface area contributed by atoms with Crippen molar-refractivity contribution in [2.75, 3.05) is 104 Å².